The lowest BCUT2D eigenvalue weighted by molar-refractivity contribution is 0.628. The van der Waals surface area contributed by atoms with Gasteiger partial charge >= 0.3 is 0 Å². The van der Waals surface area contributed by atoms with Crippen molar-refractivity contribution in [2.45, 2.75) is 13.0 Å². The molecule has 5 rings (SSSR count). The summed E-state index contributed by atoms with van der Waals surface area (Å²) in [7, 11) is 0. The van der Waals surface area contributed by atoms with Gasteiger partial charge in [-0.15, -0.1) is 0 Å². The molecule has 0 fully saturated rings. The highest BCUT2D eigenvalue weighted by Crippen LogP contribution is 2.37. The van der Waals surface area contributed by atoms with Crippen molar-refractivity contribution in [1.82, 2.24) is 25.4 Å². The quantitative estimate of drug-likeness (QED) is 0.241. The molecule has 178 valence electrons. The summed E-state index contributed by atoms with van der Waals surface area (Å²) in [6.07, 6.45) is 4.83. The van der Waals surface area contributed by atoms with Crippen molar-refractivity contribution < 1.29 is 4.39 Å². The van der Waals surface area contributed by atoms with Crippen LogP contribution in [0.2, 0.25) is 10.0 Å². The Morgan fingerprint density at radius 2 is 1.83 bits per heavy atom. The zero-order valence-corrected chi connectivity index (χ0v) is 20.2. The zero-order chi connectivity index (χ0) is 25.2. The third kappa shape index (κ3) is 4.64. The van der Waals surface area contributed by atoms with Crippen LogP contribution in [0.5, 0.6) is 0 Å². The average molecular weight is 519 g/mol. The summed E-state index contributed by atoms with van der Waals surface area (Å²) in [6, 6.07) is 13.4. The second kappa shape index (κ2) is 9.77. The van der Waals surface area contributed by atoms with Gasteiger partial charge in [0.25, 0.3) is 0 Å². The van der Waals surface area contributed by atoms with Crippen molar-refractivity contribution in [2.24, 2.45) is 0 Å². The molecule has 3 N–H and O–H groups in total. The number of anilines is 3. The number of hydrogen-bond acceptors (Lipinski definition) is 7. The Bertz CT molecular complexity index is 1600. The highest BCUT2D eigenvalue weighted by molar-refractivity contribution is 6.36. The van der Waals surface area contributed by atoms with E-state index in [2.05, 4.69) is 42.1 Å². The number of nitrogens with zero attached hydrogens (tertiary/aromatic N) is 5. The number of rotatable bonds is 6. The summed E-state index contributed by atoms with van der Waals surface area (Å²) >= 11 is 12.6. The number of aromatic nitrogens is 5. The predicted molar refractivity (Wildman–Crippen MR) is 137 cm³/mol. The Morgan fingerprint density at radius 1 is 1.00 bits per heavy atom. The molecule has 0 amide bonds. The Balaban J connectivity index is 1.61. The minimum Gasteiger partial charge on any atom is -0.373 e. The molecule has 0 aliphatic rings. The van der Waals surface area contributed by atoms with Gasteiger partial charge < -0.3 is 10.6 Å². The highest BCUT2D eigenvalue weighted by atomic mass is 35.5. The number of aromatic amines is 1. The fraction of sp³-hybridized carbons (Fsp3) is 0.0800. The summed E-state index contributed by atoms with van der Waals surface area (Å²) in [5.41, 5.74) is 4.81. The fourth-order valence-corrected chi connectivity index (χ4v) is 4.22. The van der Waals surface area contributed by atoms with Gasteiger partial charge in [0.05, 0.1) is 39.1 Å². The van der Waals surface area contributed by atoms with Gasteiger partial charge in [0.15, 0.2) is 0 Å². The number of nitrogens with one attached hydrogen (secondary N) is 3. The highest BCUT2D eigenvalue weighted by Gasteiger charge is 2.20. The van der Waals surface area contributed by atoms with Gasteiger partial charge in [-0.3, -0.25) is 9.97 Å². The Hall–Kier alpha value is -4.26. The maximum absolute atomic E-state index is 13.7. The molecule has 0 saturated carbocycles. The van der Waals surface area contributed by atoms with Crippen LogP contribution >= 0.6 is 23.2 Å². The maximum atomic E-state index is 13.7. The molecule has 0 aliphatic heterocycles. The van der Waals surface area contributed by atoms with Crippen LogP contribution in [0, 0.1) is 24.1 Å². The van der Waals surface area contributed by atoms with Crippen molar-refractivity contribution in [1.29, 1.82) is 5.26 Å². The topological polar surface area (TPSA) is 115 Å². The number of halogens is 3. The van der Waals surface area contributed by atoms with Crippen LogP contribution in [0.25, 0.3) is 10.9 Å². The molecular formula is C25H17Cl2FN8. The van der Waals surface area contributed by atoms with E-state index in [-0.39, 0.29) is 16.6 Å². The maximum Gasteiger partial charge on any atom is 0.141 e. The van der Waals surface area contributed by atoms with E-state index >= 15 is 0 Å². The number of aryl methyl sites for hydroxylation is 1. The van der Waals surface area contributed by atoms with Crippen LogP contribution in [0.15, 0.2) is 61.1 Å². The average Bonchev–Trinajstić information content (AvgIpc) is 3.40. The van der Waals surface area contributed by atoms with Gasteiger partial charge in [-0.1, -0.05) is 29.3 Å². The lowest BCUT2D eigenvalue weighted by Crippen LogP contribution is -2.13. The summed E-state index contributed by atoms with van der Waals surface area (Å²) in [5, 5.41) is 28.1. The van der Waals surface area contributed by atoms with E-state index in [4.69, 9.17) is 23.2 Å². The van der Waals surface area contributed by atoms with E-state index in [0.29, 0.717) is 38.7 Å². The van der Waals surface area contributed by atoms with Gasteiger partial charge in [-0.2, -0.15) is 20.7 Å². The molecular weight excluding hydrogens is 502 g/mol. The molecule has 8 nitrogen and oxygen atoms in total. The summed E-state index contributed by atoms with van der Waals surface area (Å²) in [6.45, 7) is 1.91. The molecule has 3 aromatic heterocycles. The van der Waals surface area contributed by atoms with Crippen LogP contribution in [0.4, 0.5) is 21.5 Å². The molecule has 0 saturated heterocycles. The number of fused-ring (bicyclic) bond motifs is 1. The summed E-state index contributed by atoms with van der Waals surface area (Å²) in [4.78, 5) is 8.78. The van der Waals surface area contributed by atoms with Crippen LogP contribution < -0.4 is 10.6 Å². The number of benzene rings is 2. The second-order valence-electron chi connectivity index (χ2n) is 7.97. The van der Waals surface area contributed by atoms with E-state index in [1.807, 2.05) is 25.1 Å². The minimum absolute atomic E-state index is 0.0422. The molecule has 0 bridgehead atoms. The standard InChI is InChI=1S/C25H17Cl2FN8/c1-13-2-3-14(10-30-13)24(22-12-32-36-35-22)34-17-6-18-23(33-16-4-5-21(28)19(26)7-16)15(9-29)11-31-25(18)20(27)8-17/h2-8,10-12,24,34H,1H3,(H,31,33)(H,32,35,36). The number of hydrogen-bond donors (Lipinski definition) is 3. The molecule has 2 aromatic carbocycles. The molecule has 1 atom stereocenters. The van der Waals surface area contributed by atoms with Gasteiger partial charge in [0, 0.05) is 34.8 Å². The van der Waals surface area contributed by atoms with Gasteiger partial charge in [-0.25, -0.2) is 4.39 Å². The number of H-pyrrole nitrogens is 1. The van der Waals surface area contributed by atoms with Crippen LogP contribution in [-0.4, -0.2) is 25.4 Å². The second-order valence-corrected chi connectivity index (χ2v) is 8.79. The first-order valence-electron chi connectivity index (χ1n) is 10.7. The van der Waals surface area contributed by atoms with Crippen LogP contribution in [0.3, 0.4) is 0 Å². The van der Waals surface area contributed by atoms with Crippen molar-refractivity contribution in [3.8, 4) is 6.07 Å². The molecule has 5 aromatic rings. The molecule has 1 unspecified atom stereocenters. The lowest BCUT2D eigenvalue weighted by atomic mass is 10.0. The van der Waals surface area contributed by atoms with Crippen molar-refractivity contribution in [3.63, 3.8) is 0 Å². The normalized spacial score (nSPS) is 11.8. The monoisotopic (exact) mass is 518 g/mol. The number of pyridine rings is 2. The minimum atomic E-state index is -0.540. The molecule has 0 radical (unpaired) electrons. The van der Waals surface area contributed by atoms with Gasteiger partial charge in [0.2, 0.25) is 0 Å². The molecule has 11 heteroatoms. The van der Waals surface area contributed by atoms with Gasteiger partial charge in [0.1, 0.15) is 17.6 Å². The Morgan fingerprint density at radius 3 is 2.53 bits per heavy atom. The third-order valence-corrected chi connectivity index (χ3v) is 6.12. The smallest absolute Gasteiger partial charge is 0.141 e. The number of nitriles is 1. The first kappa shape index (κ1) is 23.5. The van der Waals surface area contributed by atoms with E-state index in [1.54, 1.807) is 18.5 Å². The SMILES string of the molecule is Cc1ccc(C(Nc2cc(Cl)c3ncc(C#N)c(Nc4ccc(F)c(Cl)c4)c3c2)c2cn[nH]n2)cn1. The largest absolute Gasteiger partial charge is 0.373 e. The summed E-state index contributed by atoms with van der Waals surface area (Å²) < 4.78 is 13.7. The van der Waals surface area contributed by atoms with Crippen molar-refractivity contribution in [3.05, 3.63) is 99.4 Å². The predicted octanol–water partition coefficient (Wildman–Crippen LogP) is 6.32. The zero-order valence-electron chi connectivity index (χ0n) is 18.7. The third-order valence-electron chi connectivity index (χ3n) is 5.54. The van der Waals surface area contributed by atoms with Crippen molar-refractivity contribution >= 4 is 51.2 Å². The van der Waals surface area contributed by atoms with Crippen LogP contribution in [-0.2, 0) is 0 Å². The molecule has 0 spiro atoms. The Labute approximate surface area is 215 Å². The van der Waals surface area contributed by atoms with E-state index < -0.39 is 5.82 Å². The lowest BCUT2D eigenvalue weighted by Gasteiger charge is -2.20. The first-order valence-corrected chi connectivity index (χ1v) is 11.5. The van der Waals surface area contributed by atoms with E-state index in [0.717, 1.165) is 11.3 Å². The van der Waals surface area contributed by atoms with E-state index in [1.165, 1.54) is 24.4 Å². The van der Waals surface area contributed by atoms with Crippen molar-refractivity contribution in [2.75, 3.05) is 10.6 Å². The fourth-order valence-electron chi connectivity index (χ4n) is 3.77. The summed E-state index contributed by atoms with van der Waals surface area (Å²) in [5.74, 6) is -0.540. The Kier molecular flexibility index (Phi) is 6.38. The first-order chi connectivity index (χ1) is 17.4. The molecule has 0 aliphatic carbocycles. The van der Waals surface area contributed by atoms with E-state index in [9.17, 15) is 9.65 Å². The molecule has 3 heterocycles. The molecule has 36 heavy (non-hydrogen) atoms. The van der Waals surface area contributed by atoms with Crippen LogP contribution in [0.1, 0.15) is 28.6 Å². The van der Waals surface area contributed by atoms with Gasteiger partial charge in [-0.05, 0) is 48.9 Å².